The Hall–Kier alpha value is -1.41. The summed E-state index contributed by atoms with van der Waals surface area (Å²) in [6.45, 7) is -1.73. The predicted octanol–water partition coefficient (Wildman–Crippen LogP) is -1.15. The number of ether oxygens (including phenoxy) is 2. The van der Waals surface area contributed by atoms with Gasteiger partial charge < -0.3 is 19.7 Å². The van der Waals surface area contributed by atoms with Crippen molar-refractivity contribution < 1.29 is 42.2 Å². The van der Waals surface area contributed by atoms with Gasteiger partial charge in [-0.2, -0.15) is 8.42 Å². The number of benzene rings is 1. The van der Waals surface area contributed by atoms with Crippen LogP contribution in [0.15, 0.2) is 23.1 Å². The molecule has 1 radical (unpaired) electrons. The Bertz CT molecular complexity index is 618. The molecule has 0 atom stereocenters. The Kier molecular flexibility index (Phi) is 9.07. The standard InChI is InChI=1S/C12H14O9S.Li/c13-4-6-20-11(15)8-2-1-3-9(10(8)22(17,18)19)12(16)21-7-5-14;/h1-3,13-14H,4-7H2,(H,17,18,19);. The first kappa shape index (κ1) is 21.6. The second-order valence-corrected chi connectivity index (χ2v) is 5.23. The zero-order valence-corrected chi connectivity index (χ0v) is 13.1. The number of esters is 2. The van der Waals surface area contributed by atoms with E-state index in [0.29, 0.717) is 0 Å². The summed E-state index contributed by atoms with van der Waals surface area (Å²) in [5.74, 6) is -2.28. The molecule has 0 bridgehead atoms. The number of hydrogen-bond acceptors (Lipinski definition) is 8. The molecular formula is C12H14LiO9S. The number of carbonyl (C=O) groups excluding carboxylic acids is 2. The van der Waals surface area contributed by atoms with Gasteiger partial charge in [0.2, 0.25) is 0 Å². The SMILES string of the molecule is O=C(OCCO)c1cccc(C(=O)OCCO)c1S(=O)(=O)O.[Li]. The molecule has 0 aliphatic rings. The van der Waals surface area contributed by atoms with Gasteiger partial charge in [-0.1, -0.05) is 6.07 Å². The molecule has 1 aromatic rings. The first-order chi connectivity index (χ1) is 10.3. The van der Waals surface area contributed by atoms with Crippen LogP contribution in [0.25, 0.3) is 0 Å². The minimum absolute atomic E-state index is 0. The molecule has 11 heteroatoms. The maximum atomic E-state index is 11.8. The van der Waals surface area contributed by atoms with E-state index in [0.717, 1.165) is 12.1 Å². The third-order valence-electron chi connectivity index (χ3n) is 2.36. The van der Waals surface area contributed by atoms with Crippen molar-refractivity contribution >= 4 is 40.9 Å². The number of aliphatic hydroxyl groups excluding tert-OH is 2. The van der Waals surface area contributed by atoms with Gasteiger partial charge in [-0.05, 0) is 12.1 Å². The zero-order valence-electron chi connectivity index (χ0n) is 12.3. The average Bonchev–Trinajstić information content (AvgIpc) is 2.48. The smallest absolute Gasteiger partial charge is 0.339 e. The van der Waals surface area contributed by atoms with Crippen LogP contribution >= 0.6 is 0 Å². The van der Waals surface area contributed by atoms with Crippen molar-refractivity contribution in [1.82, 2.24) is 0 Å². The van der Waals surface area contributed by atoms with Gasteiger partial charge in [0.1, 0.15) is 18.1 Å². The molecule has 0 saturated carbocycles. The summed E-state index contributed by atoms with van der Waals surface area (Å²) in [4.78, 5) is 22.6. The van der Waals surface area contributed by atoms with E-state index < -0.39 is 51.3 Å². The molecule has 0 aliphatic carbocycles. The largest absolute Gasteiger partial charge is 0.460 e. The van der Waals surface area contributed by atoms with E-state index in [4.69, 9.17) is 10.2 Å². The molecule has 23 heavy (non-hydrogen) atoms. The summed E-state index contributed by atoms with van der Waals surface area (Å²) >= 11 is 0. The molecule has 0 amide bonds. The van der Waals surface area contributed by atoms with Crippen LogP contribution < -0.4 is 0 Å². The summed E-state index contributed by atoms with van der Waals surface area (Å²) in [5, 5.41) is 17.2. The van der Waals surface area contributed by atoms with E-state index in [1.54, 1.807) is 0 Å². The molecular weight excluding hydrogens is 327 g/mol. The quantitative estimate of drug-likeness (QED) is 0.317. The van der Waals surface area contributed by atoms with Crippen LogP contribution in [0, 0.1) is 0 Å². The summed E-state index contributed by atoms with van der Waals surface area (Å²) in [7, 11) is -4.93. The van der Waals surface area contributed by atoms with Crippen molar-refractivity contribution in [2.24, 2.45) is 0 Å². The first-order valence-electron chi connectivity index (χ1n) is 5.99. The third kappa shape index (κ3) is 5.95. The molecule has 0 heterocycles. The number of hydrogen-bond donors (Lipinski definition) is 3. The summed E-state index contributed by atoms with van der Waals surface area (Å²) in [6.07, 6.45) is 0. The third-order valence-corrected chi connectivity index (χ3v) is 3.32. The first-order valence-corrected chi connectivity index (χ1v) is 7.43. The second kappa shape index (κ2) is 9.67. The molecule has 0 unspecified atom stereocenters. The van der Waals surface area contributed by atoms with Crippen LogP contribution in [0.5, 0.6) is 0 Å². The Morgan fingerprint density at radius 1 is 0.957 bits per heavy atom. The molecule has 1 aromatic carbocycles. The Labute approximate surface area is 144 Å². The van der Waals surface area contributed by atoms with Crippen molar-refractivity contribution in [1.29, 1.82) is 0 Å². The molecule has 1 rings (SSSR count). The molecule has 3 N–H and O–H groups in total. The molecule has 0 aliphatic heterocycles. The van der Waals surface area contributed by atoms with E-state index in [1.165, 1.54) is 6.07 Å². The topological polar surface area (TPSA) is 147 Å². The minimum atomic E-state index is -4.93. The van der Waals surface area contributed by atoms with Crippen molar-refractivity contribution in [3.05, 3.63) is 29.3 Å². The van der Waals surface area contributed by atoms with Gasteiger partial charge in [-0.15, -0.1) is 0 Å². The molecule has 0 saturated heterocycles. The van der Waals surface area contributed by atoms with Gasteiger partial charge in [0, 0.05) is 18.9 Å². The van der Waals surface area contributed by atoms with Crippen LogP contribution in [-0.2, 0) is 19.6 Å². The summed E-state index contributed by atoms with van der Waals surface area (Å²) in [5.41, 5.74) is -1.15. The van der Waals surface area contributed by atoms with Crippen molar-refractivity contribution in [3.8, 4) is 0 Å². The fourth-order valence-electron chi connectivity index (χ4n) is 1.57. The molecule has 0 spiro atoms. The van der Waals surface area contributed by atoms with Crippen molar-refractivity contribution in [3.63, 3.8) is 0 Å². The van der Waals surface area contributed by atoms with E-state index >= 15 is 0 Å². The summed E-state index contributed by atoms with van der Waals surface area (Å²) in [6, 6.07) is 3.26. The van der Waals surface area contributed by atoms with Crippen molar-refractivity contribution in [2.45, 2.75) is 4.90 Å². The molecule has 0 aromatic heterocycles. The van der Waals surface area contributed by atoms with Gasteiger partial charge in [-0.3, -0.25) is 4.55 Å². The van der Waals surface area contributed by atoms with E-state index in [9.17, 15) is 22.6 Å². The van der Waals surface area contributed by atoms with E-state index in [2.05, 4.69) is 9.47 Å². The number of carbonyl (C=O) groups is 2. The van der Waals surface area contributed by atoms with Crippen LogP contribution in [0.2, 0.25) is 0 Å². The Morgan fingerprint density at radius 2 is 1.35 bits per heavy atom. The fourth-order valence-corrected chi connectivity index (χ4v) is 2.43. The monoisotopic (exact) mass is 341 g/mol. The van der Waals surface area contributed by atoms with Crippen molar-refractivity contribution in [2.75, 3.05) is 26.4 Å². The van der Waals surface area contributed by atoms with Gasteiger partial charge in [0.05, 0.1) is 24.3 Å². The molecule has 123 valence electrons. The average molecular weight is 341 g/mol. The van der Waals surface area contributed by atoms with Gasteiger partial charge in [0.15, 0.2) is 0 Å². The van der Waals surface area contributed by atoms with Crippen LogP contribution in [0.1, 0.15) is 20.7 Å². The van der Waals surface area contributed by atoms with E-state index in [1.807, 2.05) is 0 Å². The summed E-state index contributed by atoms with van der Waals surface area (Å²) < 4.78 is 41.3. The number of aliphatic hydroxyl groups is 2. The van der Waals surface area contributed by atoms with E-state index in [-0.39, 0.29) is 32.1 Å². The minimum Gasteiger partial charge on any atom is -0.460 e. The van der Waals surface area contributed by atoms with Crippen LogP contribution in [-0.4, -0.2) is 80.4 Å². The Morgan fingerprint density at radius 3 is 1.65 bits per heavy atom. The van der Waals surface area contributed by atoms with Gasteiger partial charge >= 0.3 is 11.9 Å². The maximum Gasteiger partial charge on any atom is 0.339 e. The normalized spacial score (nSPS) is 10.6. The van der Waals surface area contributed by atoms with Crippen LogP contribution in [0.4, 0.5) is 0 Å². The predicted molar refractivity (Wildman–Crippen MR) is 76.7 cm³/mol. The molecule has 9 nitrogen and oxygen atoms in total. The number of rotatable bonds is 7. The fraction of sp³-hybridized carbons (Fsp3) is 0.333. The maximum absolute atomic E-state index is 11.8. The van der Waals surface area contributed by atoms with Gasteiger partial charge in [-0.25, -0.2) is 9.59 Å². The zero-order chi connectivity index (χ0) is 16.8. The molecule has 0 fully saturated rings. The Balaban J connectivity index is 0.00000484. The van der Waals surface area contributed by atoms with Gasteiger partial charge in [0.25, 0.3) is 10.1 Å². The second-order valence-electron chi connectivity index (χ2n) is 3.88. The van der Waals surface area contributed by atoms with Crippen LogP contribution in [0.3, 0.4) is 0 Å².